The predicted octanol–water partition coefficient (Wildman–Crippen LogP) is 4.39. The van der Waals surface area contributed by atoms with E-state index in [1.165, 1.54) is 5.56 Å². The molecule has 4 nitrogen and oxygen atoms in total. The molecule has 1 aliphatic rings. The van der Waals surface area contributed by atoms with Crippen molar-refractivity contribution in [2.45, 2.75) is 19.3 Å². The first-order chi connectivity index (χ1) is 12.7. The van der Waals surface area contributed by atoms with Gasteiger partial charge in [-0.1, -0.05) is 12.1 Å². The molecule has 5 heteroatoms. The van der Waals surface area contributed by atoms with E-state index in [-0.39, 0.29) is 18.2 Å². The molecule has 1 aliphatic heterocycles. The number of piperidine rings is 1. The highest BCUT2D eigenvalue weighted by molar-refractivity contribution is 6.03. The molecule has 1 fully saturated rings. The first kappa shape index (κ1) is 19.5. The van der Waals surface area contributed by atoms with E-state index < -0.39 is 5.41 Å². The Labute approximate surface area is 165 Å². The Balaban J connectivity index is 0.00000210. The van der Waals surface area contributed by atoms with Crippen molar-refractivity contribution in [2.24, 2.45) is 5.41 Å². The van der Waals surface area contributed by atoms with Crippen LogP contribution in [-0.4, -0.2) is 31.0 Å². The average molecular weight is 385 g/mol. The molecule has 2 N–H and O–H groups in total. The van der Waals surface area contributed by atoms with E-state index >= 15 is 0 Å². The summed E-state index contributed by atoms with van der Waals surface area (Å²) in [5, 5.41) is 4.53. The summed E-state index contributed by atoms with van der Waals surface area (Å²) >= 11 is 0. The fraction of sp³-hybridized carbons (Fsp3) is 0.318. The smallest absolute Gasteiger partial charge is 0.170 e. The maximum absolute atomic E-state index is 13.5. The van der Waals surface area contributed by atoms with Gasteiger partial charge in [-0.2, -0.15) is 0 Å². The zero-order valence-corrected chi connectivity index (χ0v) is 16.3. The first-order valence-electron chi connectivity index (χ1n) is 9.16. The molecule has 0 radical (unpaired) electrons. The zero-order chi connectivity index (χ0) is 18.0. The molecule has 3 aromatic rings. The number of carbonyl (C=O) groups is 1. The lowest BCUT2D eigenvalue weighted by atomic mass is 9.70. The van der Waals surface area contributed by atoms with Crippen molar-refractivity contribution in [3.05, 3.63) is 65.9 Å². The first-order valence-corrected chi connectivity index (χ1v) is 9.16. The maximum atomic E-state index is 13.5. The number of halogens is 1. The third kappa shape index (κ3) is 3.87. The van der Waals surface area contributed by atoms with Crippen LogP contribution >= 0.6 is 12.4 Å². The van der Waals surface area contributed by atoms with E-state index in [9.17, 15) is 4.79 Å². The number of ether oxygens (including phenoxy) is 1. The van der Waals surface area contributed by atoms with E-state index in [2.05, 4.69) is 22.4 Å². The van der Waals surface area contributed by atoms with E-state index in [4.69, 9.17) is 4.74 Å². The molecular weight excluding hydrogens is 360 g/mol. The van der Waals surface area contributed by atoms with Gasteiger partial charge in [0.05, 0.1) is 12.5 Å². The summed E-state index contributed by atoms with van der Waals surface area (Å²) in [5.41, 5.74) is 2.64. The highest BCUT2D eigenvalue weighted by Crippen LogP contribution is 2.35. The number of nitrogens with one attached hydrogen (secondary N) is 2. The molecule has 0 amide bonds. The number of aromatic amines is 1. The number of ketones is 1. The summed E-state index contributed by atoms with van der Waals surface area (Å²) in [6.07, 6.45) is 4.59. The normalized spacial score (nSPS) is 19.4. The standard InChI is InChI=1S/C22H24N2O2.ClH/c1-26-19-6-3-16(4-7-19)14-22(10-2-11-23-15-22)21(25)18-5-8-20-17(13-18)9-12-24-20;/h3-9,12-13,23-24H,2,10-11,14-15H2,1H3;1H. The number of benzene rings is 2. The van der Waals surface area contributed by atoms with Crippen molar-refractivity contribution >= 4 is 29.1 Å². The number of Topliss-reactive ketones (excluding diaryl/α,β-unsaturated/α-hetero) is 1. The van der Waals surface area contributed by atoms with Crippen molar-refractivity contribution < 1.29 is 9.53 Å². The van der Waals surface area contributed by atoms with Gasteiger partial charge in [-0.15, -0.1) is 12.4 Å². The molecule has 142 valence electrons. The number of rotatable bonds is 5. The molecule has 1 atom stereocenters. The largest absolute Gasteiger partial charge is 0.497 e. The third-order valence-corrected chi connectivity index (χ3v) is 5.47. The molecule has 4 rings (SSSR count). The van der Waals surface area contributed by atoms with Crippen LogP contribution in [0, 0.1) is 5.41 Å². The molecule has 2 aromatic carbocycles. The lowest BCUT2D eigenvalue weighted by Crippen LogP contribution is -2.47. The van der Waals surface area contributed by atoms with Crippen LogP contribution in [0.25, 0.3) is 10.9 Å². The van der Waals surface area contributed by atoms with Crippen molar-refractivity contribution in [3.63, 3.8) is 0 Å². The van der Waals surface area contributed by atoms with Crippen LogP contribution in [0.2, 0.25) is 0 Å². The van der Waals surface area contributed by atoms with Crippen molar-refractivity contribution in [3.8, 4) is 5.75 Å². The molecule has 1 aromatic heterocycles. The summed E-state index contributed by atoms with van der Waals surface area (Å²) in [4.78, 5) is 16.7. The Morgan fingerprint density at radius 1 is 1.15 bits per heavy atom. The minimum Gasteiger partial charge on any atom is -0.497 e. The van der Waals surface area contributed by atoms with Crippen LogP contribution < -0.4 is 10.1 Å². The van der Waals surface area contributed by atoms with Crippen molar-refractivity contribution in [1.29, 1.82) is 0 Å². The number of H-pyrrole nitrogens is 1. The number of methoxy groups -OCH3 is 1. The van der Waals surface area contributed by atoms with Crippen LogP contribution in [-0.2, 0) is 6.42 Å². The van der Waals surface area contributed by atoms with Crippen LogP contribution in [0.3, 0.4) is 0 Å². The monoisotopic (exact) mass is 384 g/mol. The van der Waals surface area contributed by atoms with Gasteiger partial charge in [-0.3, -0.25) is 4.79 Å². The van der Waals surface area contributed by atoms with Gasteiger partial charge in [-0.05, 0) is 67.8 Å². The van der Waals surface area contributed by atoms with Gasteiger partial charge >= 0.3 is 0 Å². The molecule has 0 bridgehead atoms. The third-order valence-electron chi connectivity index (χ3n) is 5.47. The molecule has 0 spiro atoms. The molecule has 2 heterocycles. The Hall–Kier alpha value is -2.30. The molecular formula is C22H25ClN2O2. The number of fused-ring (bicyclic) bond motifs is 1. The Bertz CT molecular complexity index is 911. The van der Waals surface area contributed by atoms with Gasteiger partial charge in [0, 0.05) is 29.2 Å². The zero-order valence-electron chi connectivity index (χ0n) is 15.5. The van der Waals surface area contributed by atoms with Crippen LogP contribution in [0.15, 0.2) is 54.7 Å². The van der Waals surface area contributed by atoms with E-state index in [1.807, 2.05) is 42.6 Å². The summed E-state index contributed by atoms with van der Waals surface area (Å²) in [6, 6.07) is 16.0. The molecule has 1 saturated heterocycles. The Morgan fingerprint density at radius 3 is 2.67 bits per heavy atom. The Morgan fingerprint density at radius 2 is 1.96 bits per heavy atom. The lowest BCUT2D eigenvalue weighted by Gasteiger charge is -2.36. The van der Waals surface area contributed by atoms with E-state index in [1.54, 1.807) is 7.11 Å². The number of hydrogen-bond donors (Lipinski definition) is 2. The van der Waals surface area contributed by atoms with Crippen LogP contribution in [0.4, 0.5) is 0 Å². The molecule has 0 aliphatic carbocycles. The SMILES string of the molecule is COc1ccc(CC2(C(=O)c3ccc4[nH]ccc4c3)CCCNC2)cc1.Cl. The fourth-order valence-corrected chi connectivity index (χ4v) is 4.03. The summed E-state index contributed by atoms with van der Waals surface area (Å²) in [5.74, 6) is 1.08. The van der Waals surface area contributed by atoms with Gasteiger partial charge < -0.3 is 15.0 Å². The molecule has 0 saturated carbocycles. The predicted molar refractivity (Wildman–Crippen MR) is 111 cm³/mol. The number of carbonyl (C=O) groups excluding carboxylic acids is 1. The fourth-order valence-electron chi connectivity index (χ4n) is 4.03. The minimum absolute atomic E-state index is 0. The van der Waals surface area contributed by atoms with Crippen molar-refractivity contribution in [2.75, 3.05) is 20.2 Å². The number of aromatic nitrogens is 1. The van der Waals surface area contributed by atoms with Crippen LogP contribution in [0.1, 0.15) is 28.8 Å². The quantitative estimate of drug-likeness (QED) is 0.641. The van der Waals surface area contributed by atoms with Gasteiger partial charge in [0.1, 0.15) is 5.75 Å². The Kier molecular flexibility index (Phi) is 5.88. The van der Waals surface area contributed by atoms with Gasteiger partial charge in [0.25, 0.3) is 0 Å². The highest BCUT2D eigenvalue weighted by atomic mass is 35.5. The second kappa shape index (κ2) is 8.15. The van der Waals surface area contributed by atoms with Gasteiger partial charge in [0.2, 0.25) is 0 Å². The van der Waals surface area contributed by atoms with Crippen molar-refractivity contribution in [1.82, 2.24) is 10.3 Å². The highest BCUT2D eigenvalue weighted by Gasteiger charge is 2.40. The topological polar surface area (TPSA) is 54.1 Å². The van der Waals surface area contributed by atoms with Crippen LogP contribution in [0.5, 0.6) is 5.75 Å². The number of hydrogen-bond acceptors (Lipinski definition) is 3. The second-order valence-corrected chi connectivity index (χ2v) is 7.19. The van der Waals surface area contributed by atoms with E-state index in [0.29, 0.717) is 0 Å². The summed E-state index contributed by atoms with van der Waals surface area (Å²) in [6.45, 7) is 1.71. The minimum atomic E-state index is -0.392. The lowest BCUT2D eigenvalue weighted by molar-refractivity contribution is 0.0738. The summed E-state index contributed by atoms with van der Waals surface area (Å²) < 4.78 is 5.25. The van der Waals surface area contributed by atoms with E-state index in [0.717, 1.165) is 54.6 Å². The van der Waals surface area contributed by atoms with Gasteiger partial charge in [0.15, 0.2) is 5.78 Å². The average Bonchev–Trinajstić information content (AvgIpc) is 3.16. The molecule has 1 unspecified atom stereocenters. The maximum Gasteiger partial charge on any atom is 0.170 e. The summed E-state index contributed by atoms with van der Waals surface area (Å²) in [7, 11) is 1.67. The van der Waals surface area contributed by atoms with Gasteiger partial charge in [-0.25, -0.2) is 0 Å². The molecule has 27 heavy (non-hydrogen) atoms. The second-order valence-electron chi connectivity index (χ2n) is 7.19.